The molecular formula is C22H26ClFN2O4. The SMILES string of the molecule is COCCOc1ccc(NC(=O)C(CC(C)C)NC(=O)c2ccc(Cl)cc2)cc1F. The second kappa shape index (κ2) is 11.5. The molecule has 0 aliphatic rings. The van der Waals surface area contributed by atoms with E-state index in [1.165, 1.54) is 25.3 Å². The van der Waals surface area contributed by atoms with Gasteiger partial charge < -0.3 is 20.1 Å². The van der Waals surface area contributed by atoms with E-state index in [4.69, 9.17) is 21.1 Å². The van der Waals surface area contributed by atoms with E-state index in [0.29, 0.717) is 23.6 Å². The van der Waals surface area contributed by atoms with Crippen molar-refractivity contribution in [3.05, 3.63) is 58.9 Å². The second-order valence-electron chi connectivity index (χ2n) is 7.14. The van der Waals surface area contributed by atoms with Gasteiger partial charge in [0, 0.05) is 29.4 Å². The van der Waals surface area contributed by atoms with Gasteiger partial charge in [-0.25, -0.2) is 4.39 Å². The number of hydrogen-bond donors (Lipinski definition) is 2. The first-order valence-corrected chi connectivity index (χ1v) is 9.96. The number of hydrogen-bond acceptors (Lipinski definition) is 4. The highest BCUT2D eigenvalue weighted by atomic mass is 35.5. The first-order valence-electron chi connectivity index (χ1n) is 9.58. The highest BCUT2D eigenvalue weighted by Crippen LogP contribution is 2.22. The van der Waals surface area contributed by atoms with Crippen LogP contribution in [0, 0.1) is 11.7 Å². The average molecular weight is 437 g/mol. The Morgan fingerprint density at radius 1 is 1.10 bits per heavy atom. The van der Waals surface area contributed by atoms with E-state index in [9.17, 15) is 14.0 Å². The van der Waals surface area contributed by atoms with Crippen LogP contribution >= 0.6 is 11.6 Å². The van der Waals surface area contributed by atoms with Crippen LogP contribution in [-0.2, 0) is 9.53 Å². The van der Waals surface area contributed by atoms with Gasteiger partial charge in [-0.3, -0.25) is 9.59 Å². The Morgan fingerprint density at radius 3 is 2.40 bits per heavy atom. The predicted molar refractivity (Wildman–Crippen MR) is 115 cm³/mol. The Bertz CT molecular complexity index is 859. The van der Waals surface area contributed by atoms with Crippen molar-refractivity contribution >= 4 is 29.1 Å². The normalized spacial score (nSPS) is 11.8. The number of rotatable bonds is 10. The van der Waals surface area contributed by atoms with Crippen molar-refractivity contribution in [3.63, 3.8) is 0 Å². The van der Waals surface area contributed by atoms with E-state index in [1.54, 1.807) is 24.3 Å². The molecule has 1 unspecified atom stereocenters. The third-order valence-corrected chi connectivity index (χ3v) is 4.43. The molecule has 0 aliphatic carbocycles. The largest absolute Gasteiger partial charge is 0.488 e. The molecule has 2 aromatic carbocycles. The molecule has 0 spiro atoms. The molecule has 2 amide bonds. The van der Waals surface area contributed by atoms with Gasteiger partial charge in [-0.15, -0.1) is 0 Å². The third kappa shape index (κ3) is 7.31. The Labute approximate surface area is 180 Å². The van der Waals surface area contributed by atoms with Crippen molar-refractivity contribution in [3.8, 4) is 5.75 Å². The van der Waals surface area contributed by atoms with Crippen molar-refractivity contribution in [2.75, 3.05) is 25.6 Å². The second-order valence-corrected chi connectivity index (χ2v) is 7.57. The van der Waals surface area contributed by atoms with Crippen molar-refractivity contribution < 1.29 is 23.5 Å². The summed E-state index contributed by atoms with van der Waals surface area (Å²) in [5, 5.41) is 5.91. The highest BCUT2D eigenvalue weighted by molar-refractivity contribution is 6.30. The summed E-state index contributed by atoms with van der Waals surface area (Å²) < 4.78 is 24.3. The van der Waals surface area contributed by atoms with E-state index in [1.807, 2.05) is 13.8 Å². The molecule has 0 heterocycles. The topological polar surface area (TPSA) is 76.7 Å². The van der Waals surface area contributed by atoms with Gasteiger partial charge in [0.1, 0.15) is 12.6 Å². The summed E-state index contributed by atoms with van der Waals surface area (Å²) in [6.07, 6.45) is 0.422. The van der Waals surface area contributed by atoms with Crippen molar-refractivity contribution in [1.29, 1.82) is 0 Å². The number of benzene rings is 2. The minimum absolute atomic E-state index is 0.0693. The van der Waals surface area contributed by atoms with Gasteiger partial charge in [-0.2, -0.15) is 0 Å². The predicted octanol–water partition coefficient (Wildman–Crippen LogP) is 4.29. The van der Waals surface area contributed by atoms with Gasteiger partial charge in [-0.05, 0) is 48.7 Å². The smallest absolute Gasteiger partial charge is 0.251 e. The molecule has 2 rings (SSSR count). The summed E-state index contributed by atoms with van der Waals surface area (Å²) in [6.45, 7) is 4.44. The summed E-state index contributed by atoms with van der Waals surface area (Å²) in [6, 6.07) is 9.74. The molecule has 0 aromatic heterocycles. The Balaban J connectivity index is 2.06. The maximum Gasteiger partial charge on any atom is 0.251 e. The molecule has 0 bridgehead atoms. The number of amides is 2. The van der Waals surface area contributed by atoms with Gasteiger partial charge in [0.15, 0.2) is 11.6 Å². The Hall–Kier alpha value is -2.64. The molecule has 30 heavy (non-hydrogen) atoms. The Morgan fingerprint density at radius 2 is 1.80 bits per heavy atom. The molecule has 2 aromatic rings. The number of methoxy groups -OCH3 is 1. The van der Waals surface area contributed by atoms with Gasteiger partial charge >= 0.3 is 0 Å². The van der Waals surface area contributed by atoms with E-state index >= 15 is 0 Å². The number of carbonyl (C=O) groups excluding carboxylic acids is 2. The maximum absolute atomic E-state index is 14.2. The van der Waals surface area contributed by atoms with Crippen molar-refractivity contribution in [1.82, 2.24) is 5.32 Å². The molecule has 0 saturated carbocycles. The monoisotopic (exact) mass is 436 g/mol. The molecule has 0 fully saturated rings. The van der Waals surface area contributed by atoms with Crippen LogP contribution in [0.4, 0.5) is 10.1 Å². The van der Waals surface area contributed by atoms with Crippen LogP contribution in [0.5, 0.6) is 5.75 Å². The van der Waals surface area contributed by atoms with Crippen LogP contribution < -0.4 is 15.4 Å². The minimum Gasteiger partial charge on any atom is -0.488 e. The lowest BCUT2D eigenvalue weighted by Crippen LogP contribution is -2.44. The Kier molecular flexibility index (Phi) is 9.08. The molecule has 2 N–H and O–H groups in total. The lowest BCUT2D eigenvalue weighted by molar-refractivity contribution is -0.118. The quantitative estimate of drug-likeness (QED) is 0.545. The summed E-state index contributed by atoms with van der Waals surface area (Å²) in [4.78, 5) is 25.3. The standard InChI is InChI=1S/C22H26ClFN2O4/c1-14(2)12-19(26-21(27)15-4-6-16(23)7-5-15)22(28)25-17-8-9-20(18(24)13-17)30-11-10-29-3/h4-9,13-14,19H,10-12H2,1-3H3,(H,25,28)(H,26,27). The zero-order valence-corrected chi connectivity index (χ0v) is 18.0. The lowest BCUT2D eigenvalue weighted by Gasteiger charge is -2.20. The van der Waals surface area contributed by atoms with Crippen molar-refractivity contribution in [2.24, 2.45) is 5.92 Å². The maximum atomic E-state index is 14.2. The van der Waals surface area contributed by atoms with Crippen LogP contribution in [0.3, 0.4) is 0 Å². The summed E-state index contributed by atoms with van der Waals surface area (Å²) >= 11 is 5.85. The number of ether oxygens (including phenoxy) is 2. The van der Waals surface area contributed by atoms with Gasteiger partial charge in [-0.1, -0.05) is 25.4 Å². The molecule has 162 valence electrons. The summed E-state index contributed by atoms with van der Waals surface area (Å²) in [5.74, 6) is -1.20. The van der Waals surface area contributed by atoms with Gasteiger partial charge in [0.05, 0.1) is 6.61 Å². The highest BCUT2D eigenvalue weighted by Gasteiger charge is 2.23. The number of nitrogens with one attached hydrogen (secondary N) is 2. The first-order chi connectivity index (χ1) is 14.3. The molecule has 8 heteroatoms. The van der Waals surface area contributed by atoms with Gasteiger partial charge in [0.25, 0.3) is 5.91 Å². The summed E-state index contributed by atoms with van der Waals surface area (Å²) in [5.41, 5.74) is 0.663. The first kappa shape index (κ1) is 23.6. The van der Waals surface area contributed by atoms with E-state index in [2.05, 4.69) is 10.6 Å². The van der Waals surface area contributed by atoms with Crippen LogP contribution in [0.25, 0.3) is 0 Å². The van der Waals surface area contributed by atoms with Crippen LogP contribution in [0.2, 0.25) is 5.02 Å². The zero-order chi connectivity index (χ0) is 22.1. The van der Waals surface area contributed by atoms with Crippen LogP contribution in [0.1, 0.15) is 30.6 Å². The van der Waals surface area contributed by atoms with E-state index in [0.717, 1.165) is 0 Å². The average Bonchev–Trinajstić information content (AvgIpc) is 2.69. The molecule has 0 aliphatic heterocycles. The molecule has 0 saturated heterocycles. The number of anilines is 1. The zero-order valence-electron chi connectivity index (χ0n) is 17.2. The van der Waals surface area contributed by atoms with E-state index in [-0.39, 0.29) is 29.9 Å². The number of halogens is 2. The van der Waals surface area contributed by atoms with Crippen molar-refractivity contribution in [2.45, 2.75) is 26.3 Å². The fraction of sp³-hybridized carbons (Fsp3) is 0.364. The molecular weight excluding hydrogens is 411 g/mol. The van der Waals surface area contributed by atoms with Gasteiger partial charge in [0.2, 0.25) is 5.91 Å². The summed E-state index contributed by atoms with van der Waals surface area (Å²) in [7, 11) is 1.53. The lowest BCUT2D eigenvalue weighted by atomic mass is 10.0. The number of carbonyl (C=O) groups is 2. The fourth-order valence-electron chi connectivity index (χ4n) is 2.71. The molecule has 6 nitrogen and oxygen atoms in total. The molecule has 0 radical (unpaired) electrons. The van der Waals surface area contributed by atoms with Crippen LogP contribution in [-0.4, -0.2) is 38.2 Å². The molecule has 1 atom stereocenters. The van der Waals surface area contributed by atoms with Crippen LogP contribution in [0.15, 0.2) is 42.5 Å². The third-order valence-electron chi connectivity index (χ3n) is 4.18. The van der Waals surface area contributed by atoms with E-state index < -0.39 is 17.8 Å². The minimum atomic E-state index is -0.783. The fourth-order valence-corrected chi connectivity index (χ4v) is 2.83.